The second-order valence-electron chi connectivity index (χ2n) is 6.38. The summed E-state index contributed by atoms with van der Waals surface area (Å²) >= 11 is 5.87. The number of hydrogen-bond donors (Lipinski definition) is 1. The summed E-state index contributed by atoms with van der Waals surface area (Å²) in [5.74, 6) is -0.123. The minimum absolute atomic E-state index is 0.0287. The Hall–Kier alpha value is -2.71. The summed E-state index contributed by atoms with van der Waals surface area (Å²) in [5, 5.41) is 10.2. The molecule has 0 saturated heterocycles. The van der Waals surface area contributed by atoms with Gasteiger partial charge in [-0.25, -0.2) is 8.42 Å². The number of carbonyl (C=O) groups is 1. The number of rotatable bonds is 6. The predicted molar refractivity (Wildman–Crippen MR) is 105 cm³/mol. The first-order valence-electron chi connectivity index (χ1n) is 8.48. The Kier molecular flexibility index (Phi) is 5.81. The van der Waals surface area contributed by atoms with Crippen LogP contribution < -0.4 is 5.32 Å². The molecule has 0 fully saturated rings. The Balaban J connectivity index is 1.67. The van der Waals surface area contributed by atoms with Gasteiger partial charge < -0.3 is 4.42 Å². The van der Waals surface area contributed by atoms with Gasteiger partial charge in [0.05, 0.1) is 16.6 Å². The zero-order valence-corrected chi connectivity index (χ0v) is 16.8. The molecule has 146 valence electrons. The number of nitrogens with zero attached hydrogens (tertiary/aromatic N) is 2. The number of anilines is 1. The Bertz CT molecular complexity index is 1090. The third kappa shape index (κ3) is 4.58. The van der Waals surface area contributed by atoms with Gasteiger partial charge in [0, 0.05) is 10.6 Å². The number of amides is 1. The van der Waals surface area contributed by atoms with E-state index >= 15 is 0 Å². The molecule has 1 amide bonds. The van der Waals surface area contributed by atoms with Crippen molar-refractivity contribution in [3.63, 3.8) is 0 Å². The molecule has 0 aliphatic heterocycles. The molecule has 1 heterocycles. The number of nitrogens with one attached hydrogen (secondary N) is 1. The van der Waals surface area contributed by atoms with E-state index in [2.05, 4.69) is 15.5 Å². The number of halogens is 1. The first-order chi connectivity index (χ1) is 13.3. The average Bonchev–Trinajstić information content (AvgIpc) is 3.08. The monoisotopic (exact) mass is 419 g/mol. The van der Waals surface area contributed by atoms with E-state index < -0.39 is 21.0 Å². The van der Waals surface area contributed by atoms with Crippen molar-refractivity contribution in [1.82, 2.24) is 10.2 Å². The van der Waals surface area contributed by atoms with Gasteiger partial charge in [-0.2, -0.15) is 0 Å². The molecule has 3 rings (SSSR count). The highest BCUT2D eigenvalue weighted by Crippen LogP contribution is 2.19. The van der Waals surface area contributed by atoms with Crippen molar-refractivity contribution in [2.24, 2.45) is 0 Å². The van der Waals surface area contributed by atoms with Gasteiger partial charge in [-0.05, 0) is 49.7 Å². The van der Waals surface area contributed by atoms with E-state index in [9.17, 15) is 13.2 Å². The molecule has 0 radical (unpaired) electrons. The van der Waals surface area contributed by atoms with E-state index in [0.717, 1.165) is 5.56 Å². The van der Waals surface area contributed by atoms with E-state index in [0.29, 0.717) is 22.9 Å². The molecule has 0 spiro atoms. The van der Waals surface area contributed by atoms with Crippen molar-refractivity contribution < 1.29 is 17.6 Å². The van der Waals surface area contributed by atoms with E-state index in [4.69, 9.17) is 16.0 Å². The van der Waals surface area contributed by atoms with Crippen molar-refractivity contribution in [2.75, 3.05) is 5.32 Å². The zero-order chi connectivity index (χ0) is 20.3. The van der Waals surface area contributed by atoms with E-state index in [1.807, 2.05) is 0 Å². The summed E-state index contributed by atoms with van der Waals surface area (Å²) in [4.78, 5) is 12.4. The Morgan fingerprint density at radius 2 is 1.86 bits per heavy atom. The highest BCUT2D eigenvalue weighted by Gasteiger charge is 2.19. The lowest BCUT2D eigenvalue weighted by molar-refractivity contribution is 0.102. The zero-order valence-electron chi connectivity index (χ0n) is 15.2. The van der Waals surface area contributed by atoms with Crippen LogP contribution in [0.2, 0.25) is 5.02 Å². The minimum atomic E-state index is -3.31. The molecule has 9 heteroatoms. The van der Waals surface area contributed by atoms with Crippen LogP contribution in [-0.4, -0.2) is 29.8 Å². The topological polar surface area (TPSA) is 102 Å². The van der Waals surface area contributed by atoms with Crippen molar-refractivity contribution in [3.05, 3.63) is 70.6 Å². The molecule has 2 aromatic carbocycles. The average molecular weight is 420 g/mol. The number of hydrogen-bond acceptors (Lipinski definition) is 6. The van der Waals surface area contributed by atoms with Crippen LogP contribution in [0.15, 0.2) is 57.8 Å². The molecule has 1 N–H and O–H groups in total. The van der Waals surface area contributed by atoms with Gasteiger partial charge in [0.2, 0.25) is 5.89 Å². The van der Waals surface area contributed by atoms with E-state index in [1.165, 1.54) is 6.07 Å². The molecule has 0 aliphatic carbocycles. The molecule has 3 aromatic rings. The highest BCUT2D eigenvalue weighted by atomic mass is 35.5. The molecule has 7 nitrogen and oxygen atoms in total. The maximum absolute atomic E-state index is 12.2. The van der Waals surface area contributed by atoms with E-state index in [-0.39, 0.29) is 10.9 Å². The molecule has 0 saturated carbocycles. The Morgan fingerprint density at radius 3 is 2.50 bits per heavy atom. The van der Waals surface area contributed by atoms with Crippen LogP contribution in [0.25, 0.3) is 0 Å². The van der Waals surface area contributed by atoms with Crippen LogP contribution in [0, 0.1) is 0 Å². The first-order valence-corrected chi connectivity index (χ1v) is 10.4. The normalized spacial score (nSPS) is 11.6. The van der Waals surface area contributed by atoms with Gasteiger partial charge in [0.1, 0.15) is 0 Å². The lowest BCUT2D eigenvalue weighted by Gasteiger charge is -2.08. The van der Waals surface area contributed by atoms with Crippen molar-refractivity contribution in [2.45, 2.75) is 30.4 Å². The maximum atomic E-state index is 12.2. The number of aromatic nitrogens is 2. The van der Waals surface area contributed by atoms with E-state index in [1.54, 1.807) is 56.3 Å². The molecule has 0 bridgehead atoms. The summed E-state index contributed by atoms with van der Waals surface area (Å²) < 4.78 is 29.8. The highest BCUT2D eigenvalue weighted by molar-refractivity contribution is 7.92. The lowest BCUT2D eigenvalue weighted by Crippen LogP contribution is -2.13. The third-order valence-corrected chi connectivity index (χ3v) is 6.41. The van der Waals surface area contributed by atoms with Gasteiger partial charge in [-0.3, -0.25) is 10.1 Å². The Labute approximate surface area is 167 Å². The van der Waals surface area contributed by atoms with Crippen molar-refractivity contribution >= 4 is 33.4 Å². The fraction of sp³-hybridized carbons (Fsp3) is 0.211. The molecule has 0 aliphatic rings. The van der Waals surface area contributed by atoms with Crippen molar-refractivity contribution in [3.8, 4) is 0 Å². The number of sulfone groups is 1. The van der Waals surface area contributed by atoms with Crippen LogP contribution in [0.5, 0.6) is 0 Å². The Morgan fingerprint density at radius 1 is 1.14 bits per heavy atom. The molecular weight excluding hydrogens is 402 g/mol. The largest absolute Gasteiger partial charge is 0.407 e. The third-order valence-electron chi connectivity index (χ3n) is 4.00. The smallest absolute Gasteiger partial charge is 0.322 e. The second-order valence-corrected chi connectivity index (χ2v) is 9.32. The molecular formula is C19H18ClN3O4S. The SMILES string of the molecule is CC(C)S(=O)(=O)c1ccc(Cc2nnc(NC(=O)c3cccc(Cl)c3)o2)cc1. The quantitative estimate of drug-likeness (QED) is 0.652. The summed E-state index contributed by atoms with van der Waals surface area (Å²) in [6.07, 6.45) is 0.308. The van der Waals surface area contributed by atoms with Gasteiger partial charge in [-0.1, -0.05) is 34.9 Å². The standard InChI is InChI=1S/C19H18ClN3O4S/c1-12(2)28(25,26)16-8-6-13(7-9-16)10-17-22-23-19(27-17)21-18(24)14-4-3-5-15(20)11-14/h3-9,11-12H,10H2,1-2H3,(H,21,23,24). The second kappa shape index (κ2) is 8.12. The predicted octanol–water partition coefficient (Wildman–Crippen LogP) is 3.75. The minimum Gasteiger partial charge on any atom is -0.407 e. The summed E-state index contributed by atoms with van der Waals surface area (Å²) in [6, 6.07) is 13.0. The van der Waals surface area contributed by atoms with Crippen LogP contribution in [0.1, 0.15) is 35.7 Å². The molecule has 0 atom stereocenters. The number of carbonyl (C=O) groups excluding carboxylic acids is 1. The van der Waals surface area contributed by atoms with Crippen LogP contribution in [0.3, 0.4) is 0 Å². The van der Waals surface area contributed by atoms with Crippen LogP contribution >= 0.6 is 11.6 Å². The van der Waals surface area contributed by atoms with Gasteiger partial charge in [0.25, 0.3) is 5.91 Å². The maximum Gasteiger partial charge on any atom is 0.322 e. The van der Waals surface area contributed by atoms with Crippen LogP contribution in [0.4, 0.5) is 6.01 Å². The van der Waals surface area contributed by atoms with Crippen molar-refractivity contribution in [1.29, 1.82) is 0 Å². The number of benzene rings is 2. The molecule has 1 aromatic heterocycles. The lowest BCUT2D eigenvalue weighted by atomic mass is 10.1. The van der Waals surface area contributed by atoms with Gasteiger partial charge in [-0.15, -0.1) is 5.10 Å². The summed E-state index contributed by atoms with van der Waals surface area (Å²) in [7, 11) is -3.31. The van der Waals surface area contributed by atoms with Gasteiger partial charge in [0.15, 0.2) is 9.84 Å². The fourth-order valence-electron chi connectivity index (χ4n) is 2.42. The molecule has 0 unspecified atom stereocenters. The summed E-state index contributed by atoms with van der Waals surface area (Å²) in [5.41, 5.74) is 1.17. The van der Waals surface area contributed by atoms with Gasteiger partial charge >= 0.3 is 6.01 Å². The first kappa shape index (κ1) is 20.0. The summed E-state index contributed by atoms with van der Waals surface area (Å²) in [6.45, 7) is 3.28. The van der Waals surface area contributed by atoms with Crippen LogP contribution in [-0.2, 0) is 16.3 Å². The fourth-order valence-corrected chi connectivity index (χ4v) is 3.67. The molecule has 28 heavy (non-hydrogen) atoms.